The molecule has 1 fully saturated rings. The minimum atomic E-state index is -0.238. The van der Waals surface area contributed by atoms with Gasteiger partial charge < -0.3 is 9.64 Å². The fraction of sp³-hybridized carbons (Fsp3) is 0.579. The smallest absolute Gasteiger partial charge is 0.307 e. The van der Waals surface area contributed by atoms with Gasteiger partial charge in [-0.2, -0.15) is 0 Å². The molecule has 0 aliphatic heterocycles. The minimum absolute atomic E-state index is 0.0773. The van der Waals surface area contributed by atoms with Crippen LogP contribution in [0.3, 0.4) is 0 Å². The molecule has 1 aromatic rings. The lowest BCUT2D eigenvalue weighted by Crippen LogP contribution is -2.43. The number of hydrogen-bond donors (Lipinski definition) is 0. The van der Waals surface area contributed by atoms with Crippen LogP contribution < -0.4 is 0 Å². The van der Waals surface area contributed by atoms with E-state index in [1.807, 2.05) is 17.0 Å². The molecular formula is C19H26ClNO3. The van der Waals surface area contributed by atoms with Gasteiger partial charge in [0.25, 0.3) is 0 Å². The third kappa shape index (κ3) is 5.82. The van der Waals surface area contributed by atoms with Gasteiger partial charge in [-0.05, 0) is 37.5 Å². The Bertz CT molecular complexity index is 538. The zero-order valence-electron chi connectivity index (χ0n) is 14.3. The van der Waals surface area contributed by atoms with Crippen LogP contribution in [0.15, 0.2) is 24.3 Å². The monoisotopic (exact) mass is 351 g/mol. The first-order valence-electron chi connectivity index (χ1n) is 8.79. The molecule has 0 spiro atoms. The standard InChI is InChI=1S/C19H26ClNO3/c1-2-24-19(23)12-13-21(17-6-4-3-5-7-17)18(22)14-15-8-10-16(20)11-9-15/h8-11,17H,2-7,12-14H2,1H3. The van der Waals surface area contributed by atoms with Gasteiger partial charge in [0.05, 0.1) is 19.4 Å². The molecule has 0 bridgehead atoms. The molecule has 0 atom stereocenters. The molecule has 1 amide bonds. The molecule has 0 radical (unpaired) electrons. The molecule has 1 aromatic carbocycles. The molecule has 5 heteroatoms. The van der Waals surface area contributed by atoms with Crippen molar-refractivity contribution >= 4 is 23.5 Å². The van der Waals surface area contributed by atoms with Gasteiger partial charge >= 0.3 is 5.97 Å². The Hall–Kier alpha value is -1.55. The highest BCUT2D eigenvalue weighted by molar-refractivity contribution is 6.30. The number of esters is 1. The Kier molecular flexibility index (Phi) is 7.57. The summed E-state index contributed by atoms with van der Waals surface area (Å²) in [5.74, 6) is -0.161. The lowest BCUT2D eigenvalue weighted by Gasteiger charge is -2.34. The zero-order chi connectivity index (χ0) is 17.4. The van der Waals surface area contributed by atoms with Crippen molar-refractivity contribution in [1.29, 1.82) is 0 Å². The SMILES string of the molecule is CCOC(=O)CCN(C(=O)Cc1ccc(Cl)cc1)C1CCCCC1. The van der Waals surface area contributed by atoms with Crippen molar-refractivity contribution < 1.29 is 14.3 Å². The molecule has 2 rings (SSSR count). The second-order valence-electron chi connectivity index (χ2n) is 6.24. The van der Waals surface area contributed by atoms with E-state index in [9.17, 15) is 9.59 Å². The van der Waals surface area contributed by atoms with Crippen LogP contribution in [0.1, 0.15) is 51.0 Å². The first-order chi connectivity index (χ1) is 11.6. The van der Waals surface area contributed by atoms with Crippen molar-refractivity contribution in [2.24, 2.45) is 0 Å². The van der Waals surface area contributed by atoms with Gasteiger partial charge in [-0.15, -0.1) is 0 Å². The molecule has 1 aliphatic rings. The summed E-state index contributed by atoms with van der Waals surface area (Å²) in [6, 6.07) is 7.60. The van der Waals surface area contributed by atoms with E-state index in [4.69, 9.17) is 16.3 Å². The molecule has 4 nitrogen and oxygen atoms in total. The van der Waals surface area contributed by atoms with Gasteiger partial charge in [0.1, 0.15) is 0 Å². The van der Waals surface area contributed by atoms with E-state index in [-0.39, 0.29) is 24.3 Å². The van der Waals surface area contributed by atoms with Gasteiger partial charge in [0.15, 0.2) is 0 Å². The topological polar surface area (TPSA) is 46.6 Å². The second kappa shape index (κ2) is 9.67. The lowest BCUT2D eigenvalue weighted by atomic mass is 9.93. The summed E-state index contributed by atoms with van der Waals surface area (Å²) < 4.78 is 5.00. The average Bonchev–Trinajstić information content (AvgIpc) is 2.58. The molecule has 24 heavy (non-hydrogen) atoms. The highest BCUT2D eigenvalue weighted by Gasteiger charge is 2.26. The van der Waals surface area contributed by atoms with E-state index in [2.05, 4.69) is 0 Å². The normalized spacial score (nSPS) is 15.1. The van der Waals surface area contributed by atoms with Crippen molar-refractivity contribution in [1.82, 2.24) is 4.90 Å². The molecule has 132 valence electrons. The molecule has 0 heterocycles. The van der Waals surface area contributed by atoms with Crippen LogP contribution in [0.4, 0.5) is 0 Å². The second-order valence-corrected chi connectivity index (χ2v) is 6.67. The number of rotatable bonds is 7. The van der Waals surface area contributed by atoms with E-state index in [0.717, 1.165) is 31.2 Å². The van der Waals surface area contributed by atoms with Crippen molar-refractivity contribution in [3.63, 3.8) is 0 Å². The van der Waals surface area contributed by atoms with Crippen LogP contribution in [0, 0.1) is 0 Å². The number of hydrogen-bond acceptors (Lipinski definition) is 3. The maximum atomic E-state index is 12.8. The van der Waals surface area contributed by atoms with E-state index in [1.54, 1.807) is 19.1 Å². The van der Waals surface area contributed by atoms with E-state index in [0.29, 0.717) is 24.6 Å². The third-order valence-corrected chi connectivity index (χ3v) is 4.72. The van der Waals surface area contributed by atoms with E-state index in [1.165, 1.54) is 6.42 Å². The number of halogens is 1. The zero-order valence-corrected chi connectivity index (χ0v) is 15.1. The van der Waals surface area contributed by atoms with Crippen LogP contribution in [-0.4, -0.2) is 36.0 Å². The van der Waals surface area contributed by atoms with Gasteiger partial charge in [0, 0.05) is 17.6 Å². The van der Waals surface area contributed by atoms with Crippen LogP contribution in [-0.2, 0) is 20.7 Å². The summed E-state index contributed by atoms with van der Waals surface area (Å²) in [6.07, 6.45) is 6.18. The predicted octanol–water partition coefficient (Wildman–Crippen LogP) is 4.00. The van der Waals surface area contributed by atoms with Crippen LogP contribution in [0.25, 0.3) is 0 Å². The molecule has 0 unspecified atom stereocenters. The summed E-state index contributed by atoms with van der Waals surface area (Å²) >= 11 is 5.90. The maximum absolute atomic E-state index is 12.8. The summed E-state index contributed by atoms with van der Waals surface area (Å²) in [5, 5.41) is 0.664. The molecular weight excluding hydrogens is 326 g/mol. The maximum Gasteiger partial charge on any atom is 0.307 e. The highest BCUT2D eigenvalue weighted by atomic mass is 35.5. The Morgan fingerprint density at radius 3 is 2.46 bits per heavy atom. The third-order valence-electron chi connectivity index (χ3n) is 4.47. The quantitative estimate of drug-likeness (QED) is 0.697. The number of nitrogens with zero attached hydrogens (tertiary/aromatic N) is 1. The molecule has 0 saturated heterocycles. The van der Waals surface area contributed by atoms with Gasteiger partial charge in [0.2, 0.25) is 5.91 Å². The number of carbonyl (C=O) groups excluding carboxylic acids is 2. The van der Waals surface area contributed by atoms with Gasteiger partial charge in [-0.25, -0.2) is 0 Å². The van der Waals surface area contributed by atoms with Crippen LogP contribution in [0.5, 0.6) is 0 Å². The number of amides is 1. The summed E-state index contributed by atoms with van der Waals surface area (Å²) in [6.45, 7) is 2.61. The van der Waals surface area contributed by atoms with Crippen molar-refractivity contribution in [2.45, 2.75) is 57.9 Å². The van der Waals surface area contributed by atoms with Crippen molar-refractivity contribution in [3.05, 3.63) is 34.9 Å². The molecule has 0 aromatic heterocycles. The number of ether oxygens (including phenoxy) is 1. The summed E-state index contributed by atoms with van der Waals surface area (Å²) in [7, 11) is 0. The number of benzene rings is 1. The Balaban J connectivity index is 2.00. The van der Waals surface area contributed by atoms with Crippen molar-refractivity contribution in [2.75, 3.05) is 13.2 Å². The molecule has 0 N–H and O–H groups in total. The van der Waals surface area contributed by atoms with E-state index < -0.39 is 0 Å². The van der Waals surface area contributed by atoms with Crippen LogP contribution in [0.2, 0.25) is 5.02 Å². The molecule has 1 saturated carbocycles. The average molecular weight is 352 g/mol. The van der Waals surface area contributed by atoms with Crippen LogP contribution >= 0.6 is 11.6 Å². The predicted molar refractivity (Wildman–Crippen MR) is 95.0 cm³/mol. The first kappa shape index (κ1) is 18.8. The van der Waals surface area contributed by atoms with E-state index >= 15 is 0 Å². The lowest BCUT2D eigenvalue weighted by molar-refractivity contribution is -0.144. The fourth-order valence-electron chi connectivity index (χ4n) is 3.23. The number of carbonyl (C=O) groups is 2. The van der Waals surface area contributed by atoms with Gasteiger partial charge in [-0.1, -0.05) is 43.0 Å². The van der Waals surface area contributed by atoms with Gasteiger partial charge in [-0.3, -0.25) is 9.59 Å². The fourth-order valence-corrected chi connectivity index (χ4v) is 3.35. The van der Waals surface area contributed by atoms with Crippen molar-refractivity contribution in [3.8, 4) is 0 Å². The molecule has 1 aliphatic carbocycles. The Labute approximate surface area is 149 Å². The largest absolute Gasteiger partial charge is 0.466 e. The Morgan fingerprint density at radius 1 is 1.17 bits per heavy atom. The first-order valence-corrected chi connectivity index (χ1v) is 9.17. The highest BCUT2D eigenvalue weighted by Crippen LogP contribution is 2.24. The Morgan fingerprint density at radius 2 is 1.83 bits per heavy atom. The minimum Gasteiger partial charge on any atom is -0.466 e. The summed E-state index contributed by atoms with van der Waals surface area (Å²) in [4.78, 5) is 26.4. The summed E-state index contributed by atoms with van der Waals surface area (Å²) in [5.41, 5.74) is 0.946.